The van der Waals surface area contributed by atoms with Crippen molar-refractivity contribution in [2.45, 2.75) is 31.4 Å². The molecule has 0 saturated carbocycles. The molecule has 11 heteroatoms. The number of anilines is 2. The molecule has 0 aliphatic heterocycles. The van der Waals surface area contributed by atoms with Gasteiger partial charge in [-0.25, -0.2) is 4.21 Å². The van der Waals surface area contributed by atoms with Crippen LogP contribution in [0.25, 0.3) is 0 Å². The fourth-order valence-corrected chi connectivity index (χ4v) is 5.10. The van der Waals surface area contributed by atoms with Crippen molar-refractivity contribution in [1.29, 1.82) is 5.26 Å². The number of amides is 1. The summed E-state index contributed by atoms with van der Waals surface area (Å²) in [7, 11) is 0.000628. The van der Waals surface area contributed by atoms with Gasteiger partial charge in [0.25, 0.3) is 5.91 Å². The van der Waals surface area contributed by atoms with Gasteiger partial charge in [-0.05, 0) is 49.1 Å². The second-order valence-electron chi connectivity index (χ2n) is 7.32. The number of thiophene rings is 1. The van der Waals surface area contributed by atoms with Gasteiger partial charge in [0.1, 0.15) is 16.2 Å². The standard InChI is InChI=1S/C24H26N4O4S3.C2H4/c1-15-13-19(26-24(33)28-35(31)20-10-8-12-34-20)22(32-4)17(3)21(15)27-23(30)18(16(2)14-29)9-6-5-7-11-25;1-2/h5-6,8-10,12-14,16H,7H2,1-4H3,(H,27,30)(H2,26,28,33);1-2H2/b6-5-,18-9+;. The highest BCUT2D eigenvalue weighted by Crippen LogP contribution is 2.37. The molecule has 2 atom stereocenters. The van der Waals surface area contributed by atoms with E-state index in [1.807, 2.05) is 18.4 Å². The normalized spacial score (nSPS) is 12.4. The van der Waals surface area contributed by atoms with Gasteiger partial charge in [-0.1, -0.05) is 31.2 Å². The van der Waals surface area contributed by atoms with Gasteiger partial charge in [0, 0.05) is 17.1 Å². The minimum atomic E-state index is -1.49. The summed E-state index contributed by atoms with van der Waals surface area (Å²) in [6.45, 7) is 11.2. The lowest BCUT2D eigenvalue weighted by molar-refractivity contribution is -0.116. The summed E-state index contributed by atoms with van der Waals surface area (Å²) >= 11 is 6.67. The van der Waals surface area contributed by atoms with E-state index in [4.69, 9.17) is 22.2 Å². The summed E-state index contributed by atoms with van der Waals surface area (Å²) in [5.41, 5.74) is 2.69. The van der Waals surface area contributed by atoms with Crippen molar-refractivity contribution in [3.8, 4) is 11.8 Å². The predicted molar refractivity (Wildman–Crippen MR) is 155 cm³/mol. The number of thiocarbonyl (C=S) groups is 1. The average Bonchev–Trinajstić information content (AvgIpc) is 3.43. The van der Waals surface area contributed by atoms with E-state index in [0.29, 0.717) is 33.2 Å². The fraction of sp³-hybridized carbons (Fsp3) is 0.231. The number of methoxy groups -OCH3 is 1. The van der Waals surface area contributed by atoms with Crippen molar-refractivity contribution in [2.75, 3.05) is 17.7 Å². The zero-order chi connectivity index (χ0) is 28.0. The number of nitrogens with zero attached hydrogens (tertiary/aromatic N) is 1. The molecular weight excluding hydrogens is 529 g/mol. The number of benzene rings is 1. The molecule has 2 aromatic rings. The van der Waals surface area contributed by atoms with Crippen molar-refractivity contribution in [3.05, 3.63) is 71.7 Å². The second-order valence-corrected chi connectivity index (χ2v) is 10.1. The van der Waals surface area contributed by atoms with E-state index >= 15 is 0 Å². The lowest BCUT2D eigenvalue weighted by Crippen LogP contribution is -2.30. The van der Waals surface area contributed by atoms with Crippen LogP contribution in [0, 0.1) is 31.1 Å². The van der Waals surface area contributed by atoms with Crippen LogP contribution in [0.4, 0.5) is 11.4 Å². The summed E-state index contributed by atoms with van der Waals surface area (Å²) in [5.74, 6) is -0.638. The first-order valence-corrected chi connectivity index (χ1v) is 13.4. The zero-order valence-corrected chi connectivity index (χ0v) is 23.6. The van der Waals surface area contributed by atoms with Crippen LogP contribution in [-0.4, -0.2) is 28.6 Å². The number of aldehydes is 1. The number of ether oxygens (including phenoxy) is 1. The van der Waals surface area contributed by atoms with E-state index in [1.54, 1.807) is 44.2 Å². The molecule has 3 N–H and O–H groups in total. The Bertz CT molecular complexity index is 1230. The molecule has 196 valence electrons. The Kier molecular flexibility index (Phi) is 13.8. The molecule has 2 unspecified atom stereocenters. The Hall–Kier alpha value is -3.59. The number of hydrogen-bond acceptors (Lipinski definition) is 7. The van der Waals surface area contributed by atoms with Gasteiger partial charge in [-0.2, -0.15) is 5.26 Å². The zero-order valence-electron chi connectivity index (χ0n) is 21.1. The van der Waals surface area contributed by atoms with E-state index in [-0.39, 0.29) is 17.1 Å². The van der Waals surface area contributed by atoms with E-state index in [9.17, 15) is 13.8 Å². The number of aryl methyl sites for hydroxylation is 1. The summed E-state index contributed by atoms with van der Waals surface area (Å²) in [6, 6.07) is 7.28. The van der Waals surface area contributed by atoms with Crippen LogP contribution >= 0.6 is 23.6 Å². The highest BCUT2D eigenvalue weighted by molar-refractivity contribution is 7.88. The van der Waals surface area contributed by atoms with Crippen molar-refractivity contribution in [2.24, 2.45) is 5.92 Å². The van der Waals surface area contributed by atoms with Crippen LogP contribution in [0.1, 0.15) is 24.5 Å². The molecule has 8 nitrogen and oxygen atoms in total. The maximum absolute atomic E-state index is 13.0. The Labute approximate surface area is 229 Å². The third-order valence-electron chi connectivity index (χ3n) is 4.85. The summed E-state index contributed by atoms with van der Waals surface area (Å²) in [6.07, 6.45) is 5.60. The molecule has 0 spiro atoms. The van der Waals surface area contributed by atoms with Gasteiger partial charge in [0.2, 0.25) is 0 Å². The number of carbonyl (C=O) groups excluding carboxylic acids is 2. The highest BCUT2D eigenvalue weighted by atomic mass is 32.2. The number of hydrogen-bond donors (Lipinski definition) is 3. The summed E-state index contributed by atoms with van der Waals surface area (Å²) in [4.78, 5) is 24.4. The molecule has 0 fully saturated rings. The van der Waals surface area contributed by atoms with Gasteiger partial charge in [0.05, 0.1) is 31.0 Å². The number of nitriles is 1. The molecule has 0 saturated heterocycles. The van der Waals surface area contributed by atoms with E-state index in [0.717, 1.165) is 5.56 Å². The minimum Gasteiger partial charge on any atom is -0.494 e. The second kappa shape index (κ2) is 16.2. The Morgan fingerprint density at radius 1 is 1.35 bits per heavy atom. The lowest BCUT2D eigenvalue weighted by Gasteiger charge is -2.20. The molecule has 2 rings (SSSR count). The Morgan fingerprint density at radius 2 is 2.05 bits per heavy atom. The van der Waals surface area contributed by atoms with E-state index in [1.165, 1.54) is 24.5 Å². The van der Waals surface area contributed by atoms with Crippen LogP contribution in [0.3, 0.4) is 0 Å². The summed E-state index contributed by atoms with van der Waals surface area (Å²) < 4.78 is 21.3. The van der Waals surface area contributed by atoms with Crippen LogP contribution in [0.15, 0.2) is 64.7 Å². The van der Waals surface area contributed by atoms with Gasteiger partial charge in [-0.15, -0.1) is 24.5 Å². The molecule has 0 bridgehead atoms. The van der Waals surface area contributed by atoms with Crippen LogP contribution in [-0.2, 0) is 20.6 Å². The van der Waals surface area contributed by atoms with Gasteiger partial charge < -0.3 is 20.2 Å². The monoisotopic (exact) mass is 558 g/mol. The van der Waals surface area contributed by atoms with Crippen LogP contribution in [0.5, 0.6) is 5.75 Å². The topological polar surface area (TPSA) is 120 Å². The van der Waals surface area contributed by atoms with Crippen LogP contribution < -0.4 is 20.1 Å². The minimum absolute atomic E-state index is 0.153. The van der Waals surface area contributed by atoms with E-state index in [2.05, 4.69) is 28.5 Å². The third kappa shape index (κ3) is 9.09. The van der Waals surface area contributed by atoms with Crippen molar-refractivity contribution < 1.29 is 18.5 Å². The van der Waals surface area contributed by atoms with Crippen molar-refractivity contribution in [3.63, 3.8) is 0 Å². The maximum Gasteiger partial charge on any atom is 0.252 e. The SMILES string of the molecule is C=C.COc1c(NC(=S)NS(=O)c2cccs2)cc(C)c(NC(=O)/C(=C/C=C\CC#N)C(C)C=O)c1C. The van der Waals surface area contributed by atoms with Gasteiger partial charge >= 0.3 is 0 Å². The van der Waals surface area contributed by atoms with Crippen LogP contribution in [0.2, 0.25) is 0 Å². The number of carbonyl (C=O) groups is 2. The summed E-state index contributed by atoms with van der Waals surface area (Å²) in [5, 5.41) is 16.5. The molecule has 0 radical (unpaired) electrons. The molecule has 1 amide bonds. The number of allylic oxidation sites excluding steroid dienone is 3. The first kappa shape index (κ1) is 31.4. The molecular formula is C26H30N4O4S3. The predicted octanol–water partition coefficient (Wildman–Crippen LogP) is 5.35. The molecule has 37 heavy (non-hydrogen) atoms. The molecule has 1 aromatic heterocycles. The first-order valence-electron chi connectivity index (χ1n) is 10.9. The third-order valence-corrected chi connectivity index (χ3v) is 7.48. The highest BCUT2D eigenvalue weighted by Gasteiger charge is 2.21. The lowest BCUT2D eigenvalue weighted by atomic mass is 10.00. The smallest absolute Gasteiger partial charge is 0.252 e. The molecule has 0 aliphatic carbocycles. The van der Waals surface area contributed by atoms with Crippen molar-refractivity contribution in [1.82, 2.24) is 4.72 Å². The van der Waals surface area contributed by atoms with Gasteiger partial charge in [-0.3, -0.25) is 9.52 Å². The molecule has 1 heterocycles. The quantitative estimate of drug-likeness (QED) is 0.118. The Morgan fingerprint density at radius 3 is 2.62 bits per heavy atom. The van der Waals surface area contributed by atoms with Crippen molar-refractivity contribution >= 4 is 63.2 Å². The fourth-order valence-electron chi connectivity index (χ4n) is 3.15. The average molecular weight is 559 g/mol. The maximum atomic E-state index is 13.0. The Balaban J connectivity index is 0.00000334. The number of rotatable bonds is 10. The van der Waals surface area contributed by atoms with E-state index < -0.39 is 22.8 Å². The first-order chi connectivity index (χ1) is 17.7. The molecule has 0 aliphatic rings. The van der Waals surface area contributed by atoms with Gasteiger partial charge in [0.15, 0.2) is 16.1 Å². The largest absolute Gasteiger partial charge is 0.494 e. The number of nitrogens with one attached hydrogen (secondary N) is 3. The molecule has 1 aromatic carbocycles.